The van der Waals surface area contributed by atoms with E-state index in [-0.39, 0.29) is 12.1 Å². The average molecular weight is 411 g/mol. The molecule has 2 N–H and O–H groups in total. The molecule has 0 bridgehead atoms. The number of carbonyl (C=O) groups is 1. The number of urea groups is 1. The van der Waals surface area contributed by atoms with Gasteiger partial charge in [-0.3, -0.25) is 0 Å². The van der Waals surface area contributed by atoms with E-state index < -0.39 is 0 Å². The lowest BCUT2D eigenvalue weighted by Crippen LogP contribution is -2.45. The summed E-state index contributed by atoms with van der Waals surface area (Å²) in [5.41, 5.74) is 4.05. The van der Waals surface area contributed by atoms with Crippen molar-refractivity contribution < 1.29 is 9.53 Å². The first-order valence-corrected chi connectivity index (χ1v) is 10.6. The van der Waals surface area contributed by atoms with Gasteiger partial charge >= 0.3 is 6.03 Å². The first-order chi connectivity index (χ1) is 14.5. The fraction of sp³-hybridized carbons (Fsp3) is 0.500. The van der Waals surface area contributed by atoms with E-state index in [1.54, 1.807) is 0 Å². The maximum Gasteiger partial charge on any atom is 0.319 e. The summed E-state index contributed by atoms with van der Waals surface area (Å²) in [6.07, 6.45) is 0.959. The number of nitrogens with zero attached hydrogens (tertiary/aromatic N) is 4. The Morgan fingerprint density at radius 2 is 2.03 bits per heavy atom. The molecule has 3 heterocycles. The van der Waals surface area contributed by atoms with Gasteiger partial charge in [0, 0.05) is 43.0 Å². The predicted octanol–water partition coefficient (Wildman–Crippen LogP) is 2.50. The van der Waals surface area contributed by atoms with Gasteiger partial charge in [-0.05, 0) is 51.6 Å². The van der Waals surface area contributed by atoms with Crippen LogP contribution in [-0.2, 0) is 17.7 Å². The van der Waals surface area contributed by atoms with Crippen molar-refractivity contribution in [2.45, 2.75) is 32.9 Å². The standard InChI is InChI=1S/C22H30N6O2/c1-4-23-22(29)24-17-7-5-16(6-8-17)20-25-19-13-27(3)10-9-18(19)21(26-20)28-11-12-30-14-15(28)2/h5-8,15H,4,9-14H2,1-3H3,(H2,23,24,29)/t15-/m0/s1. The Hall–Kier alpha value is -2.71. The van der Waals surface area contributed by atoms with Gasteiger partial charge in [0.15, 0.2) is 5.82 Å². The van der Waals surface area contributed by atoms with Crippen LogP contribution in [0.4, 0.5) is 16.3 Å². The molecule has 1 aromatic carbocycles. The Morgan fingerprint density at radius 1 is 1.23 bits per heavy atom. The molecule has 0 saturated carbocycles. The minimum Gasteiger partial charge on any atom is -0.377 e. The second-order valence-electron chi connectivity index (χ2n) is 7.96. The molecular formula is C22H30N6O2. The Kier molecular flexibility index (Phi) is 6.15. The number of morpholine rings is 1. The number of fused-ring (bicyclic) bond motifs is 1. The van der Waals surface area contributed by atoms with Crippen LogP contribution in [0.5, 0.6) is 0 Å². The van der Waals surface area contributed by atoms with Crippen LogP contribution in [-0.4, -0.2) is 66.8 Å². The second kappa shape index (κ2) is 8.97. The van der Waals surface area contributed by atoms with Gasteiger partial charge in [0.2, 0.25) is 0 Å². The van der Waals surface area contributed by atoms with Gasteiger partial charge in [0.25, 0.3) is 0 Å². The molecular weight excluding hydrogens is 380 g/mol. The fourth-order valence-electron chi connectivity index (χ4n) is 3.99. The number of benzene rings is 1. The maximum absolute atomic E-state index is 11.7. The van der Waals surface area contributed by atoms with Crippen molar-refractivity contribution >= 4 is 17.5 Å². The van der Waals surface area contributed by atoms with Gasteiger partial charge in [-0.2, -0.15) is 0 Å². The third kappa shape index (κ3) is 4.39. The lowest BCUT2D eigenvalue weighted by atomic mass is 10.0. The number of nitrogens with one attached hydrogen (secondary N) is 2. The first-order valence-electron chi connectivity index (χ1n) is 10.6. The molecule has 1 atom stereocenters. The lowest BCUT2D eigenvalue weighted by Gasteiger charge is -2.37. The third-order valence-corrected chi connectivity index (χ3v) is 5.61. The molecule has 2 aliphatic heterocycles. The molecule has 1 aromatic heterocycles. The predicted molar refractivity (Wildman–Crippen MR) is 118 cm³/mol. The van der Waals surface area contributed by atoms with E-state index in [9.17, 15) is 4.79 Å². The molecule has 0 aliphatic carbocycles. The van der Waals surface area contributed by atoms with E-state index in [0.29, 0.717) is 13.2 Å². The van der Waals surface area contributed by atoms with Crippen LogP contribution in [0, 0.1) is 0 Å². The molecule has 4 rings (SSSR count). The van der Waals surface area contributed by atoms with E-state index in [4.69, 9.17) is 14.7 Å². The largest absolute Gasteiger partial charge is 0.377 e. The number of carbonyl (C=O) groups excluding carboxylic acids is 1. The summed E-state index contributed by atoms with van der Waals surface area (Å²) in [5.74, 6) is 1.77. The zero-order valence-electron chi connectivity index (χ0n) is 17.9. The van der Waals surface area contributed by atoms with Crippen LogP contribution in [0.3, 0.4) is 0 Å². The summed E-state index contributed by atoms with van der Waals surface area (Å²) < 4.78 is 5.64. The summed E-state index contributed by atoms with van der Waals surface area (Å²) in [4.78, 5) is 26.3. The highest BCUT2D eigenvalue weighted by atomic mass is 16.5. The van der Waals surface area contributed by atoms with Gasteiger partial charge in [-0.15, -0.1) is 0 Å². The number of hydrogen-bond donors (Lipinski definition) is 2. The Labute approximate surface area is 177 Å². The second-order valence-corrected chi connectivity index (χ2v) is 7.96. The third-order valence-electron chi connectivity index (χ3n) is 5.61. The molecule has 160 valence electrons. The highest BCUT2D eigenvalue weighted by Gasteiger charge is 2.28. The smallest absolute Gasteiger partial charge is 0.319 e. The number of hydrogen-bond acceptors (Lipinski definition) is 6. The van der Waals surface area contributed by atoms with Crippen LogP contribution in [0.1, 0.15) is 25.1 Å². The number of rotatable bonds is 4. The van der Waals surface area contributed by atoms with E-state index in [1.165, 1.54) is 5.56 Å². The minimum atomic E-state index is -0.207. The number of ether oxygens (including phenoxy) is 1. The molecule has 2 aliphatic rings. The van der Waals surface area contributed by atoms with Crippen LogP contribution in [0.25, 0.3) is 11.4 Å². The molecule has 30 heavy (non-hydrogen) atoms. The monoisotopic (exact) mass is 410 g/mol. The van der Waals surface area contributed by atoms with Crippen molar-refractivity contribution in [3.8, 4) is 11.4 Å². The molecule has 1 saturated heterocycles. The number of amides is 2. The van der Waals surface area contributed by atoms with Crippen molar-refractivity contribution in [1.82, 2.24) is 20.2 Å². The molecule has 1 fully saturated rings. The van der Waals surface area contributed by atoms with E-state index >= 15 is 0 Å². The Balaban J connectivity index is 1.67. The summed E-state index contributed by atoms with van der Waals surface area (Å²) in [7, 11) is 2.13. The topological polar surface area (TPSA) is 82.6 Å². The van der Waals surface area contributed by atoms with Crippen LogP contribution in [0.15, 0.2) is 24.3 Å². The van der Waals surface area contributed by atoms with Crippen LogP contribution < -0.4 is 15.5 Å². The van der Waals surface area contributed by atoms with Crippen molar-refractivity contribution in [2.75, 3.05) is 50.1 Å². The maximum atomic E-state index is 11.7. The highest BCUT2D eigenvalue weighted by molar-refractivity contribution is 5.89. The average Bonchev–Trinajstić information content (AvgIpc) is 2.74. The molecule has 0 radical (unpaired) electrons. The fourth-order valence-corrected chi connectivity index (χ4v) is 3.99. The lowest BCUT2D eigenvalue weighted by molar-refractivity contribution is 0.0983. The zero-order chi connectivity index (χ0) is 21.1. The van der Waals surface area contributed by atoms with Crippen molar-refractivity contribution in [1.29, 1.82) is 0 Å². The summed E-state index contributed by atoms with van der Waals surface area (Å²) >= 11 is 0. The molecule has 2 amide bonds. The SMILES string of the molecule is CCNC(=O)Nc1ccc(-c2nc3c(c(N4CCOC[C@@H]4C)n2)CCN(C)C3)cc1. The van der Waals surface area contributed by atoms with Gasteiger partial charge in [0.05, 0.1) is 24.9 Å². The van der Waals surface area contributed by atoms with Gasteiger partial charge in [0.1, 0.15) is 5.82 Å². The van der Waals surface area contributed by atoms with E-state index in [1.807, 2.05) is 31.2 Å². The first kappa shape index (κ1) is 20.6. The van der Waals surface area contributed by atoms with E-state index in [2.05, 4.69) is 34.4 Å². The quantitative estimate of drug-likeness (QED) is 0.806. The van der Waals surface area contributed by atoms with Crippen molar-refractivity contribution in [3.63, 3.8) is 0 Å². The van der Waals surface area contributed by atoms with Crippen LogP contribution >= 0.6 is 0 Å². The highest BCUT2D eigenvalue weighted by Crippen LogP contribution is 2.31. The Bertz CT molecular complexity index is 901. The van der Waals surface area contributed by atoms with Gasteiger partial charge in [-0.1, -0.05) is 0 Å². The summed E-state index contributed by atoms with van der Waals surface area (Å²) in [6.45, 7) is 8.78. The number of aromatic nitrogens is 2. The zero-order valence-corrected chi connectivity index (χ0v) is 17.9. The molecule has 0 spiro atoms. The van der Waals surface area contributed by atoms with Crippen molar-refractivity contribution in [3.05, 3.63) is 35.5 Å². The van der Waals surface area contributed by atoms with Crippen molar-refractivity contribution in [2.24, 2.45) is 0 Å². The van der Waals surface area contributed by atoms with Gasteiger partial charge < -0.3 is 25.2 Å². The van der Waals surface area contributed by atoms with Gasteiger partial charge in [-0.25, -0.2) is 14.8 Å². The molecule has 0 unspecified atom stereocenters. The van der Waals surface area contributed by atoms with E-state index in [0.717, 1.165) is 61.2 Å². The summed E-state index contributed by atoms with van der Waals surface area (Å²) in [6, 6.07) is 7.77. The molecule has 8 heteroatoms. The number of anilines is 2. The Morgan fingerprint density at radius 3 is 2.77 bits per heavy atom. The number of likely N-dealkylation sites (N-methyl/N-ethyl adjacent to an activating group) is 1. The molecule has 8 nitrogen and oxygen atoms in total. The summed E-state index contributed by atoms with van der Waals surface area (Å²) in [5, 5.41) is 5.56. The minimum absolute atomic E-state index is 0.207. The molecule has 2 aromatic rings. The normalized spacial score (nSPS) is 19.3. The van der Waals surface area contributed by atoms with Crippen LogP contribution in [0.2, 0.25) is 0 Å².